The van der Waals surface area contributed by atoms with Crippen molar-refractivity contribution in [1.82, 2.24) is 19.8 Å². The number of guanidine groups is 1. The molecule has 1 saturated heterocycles. The number of rotatable bonds is 5. The van der Waals surface area contributed by atoms with Crippen LogP contribution in [-0.4, -0.2) is 67.8 Å². The van der Waals surface area contributed by atoms with E-state index in [1.165, 1.54) is 0 Å². The molecule has 10 heteroatoms. The van der Waals surface area contributed by atoms with Gasteiger partial charge in [0, 0.05) is 45.6 Å². The fourth-order valence-electron chi connectivity index (χ4n) is 4.43. The van der Waals surface area contributed by atoms with E-state index in [0.29, 0.717) is 25.0 Å². The van der Waals surface area contributed by atoms with E-state index in [4.69, 9.17) is 0 Å². The Hall–Kier alpha value is -1.82. The minimum atomic E-state index is -3.38. The summed E-state index contributed by atoms with van der Waals surface area (Å²) in [4.78, 5) is 10.8. The van der Waals surface area contributed by atoms with Gasteiger partial charge in [-0.05, 0) is 30.4 Å². The van der Waals surface area contributed by atoms with E-state index in [0.717, 1.165) is 43.1 Å². The van der Waals surface area contributed by atoms with Gasteiger partial charge in [0.15, 0.2) is 5.96 Å². The topological polar surface area (TPSA) is 82.8 Å². The number of hydrogen-bond donors (Lipinski definition) is 1. The second kappa shape index (κ2) is 10.2. The first-order valence-electron chi connectivity index (χ1n) is 10.5. The van der Waals surface area contributed by atoms with Crippen molar-refractivity contribution in [1.29, 1.82) is 0 Å². The van der Waals surface area contributed by atoms with Gasteiger partial charge in [-0.15, -0.1) is 24.0 Å². The number of nitrogens with one attached hydrogen (secondary N) is 1. The molecule has 2 aliphatic heterocycles. The van der Waals surface area contributed by atoms with Crippen LogP contribution in [0.3, 0.4) is 0 Å². The maximum atomic E-state index is 12.9. The van der Waals surface area contributed by atoms with Gasteiger partial charge in [0.25, 0.3) is 0 Å². The smallest absolute Gasteiger partial charge is 0.236 e. The van der Waals surface area contributed by atoms with Gasteiger partial charge < -0.3 is 14.8 Å². The van der Waals surface area contributed by atoms with Crippen molar-refractivity contribution in [3.63, 3.8) is 0 Å². The van der Waals surface area contributed by atoms with Gasteiger partial charge >= 0.3 is 0 Å². The summed E-state index contributed by atoms with van der Waals surface area (Å²) < 4.78 is 29.5. The zero-order chi connectivity index (χ0) is 21.1. The highest BCUT2D eigenvalue weighted by molar-refractivity contribution is 14.0. The zero-order valence-electron chi connectivity index (χ0n) is 18.0. The van der Waals surface area contributed by atoms with Crippen LogP contribution in [0.2, 0.25) is 0 Å². The molecular weight excluding hydrogens is 527 g/mol. The molecule has 1 aromatic heterocycles. The number of aromatic nitrogens is 2. The van der Waals surface area contributed by atoms with Gasteiger partial charge in [-0.2, -0.15) is 0 Å². The molecule has 2 atom stereocenters. The third kappa shape index (κ3) is 5.16. The first-order valence-corrected chi connectivity index (χ1v) is 12.1. The molecule has 8 nitrogen and oxygen atoms in total. The summed E-state index contributed by atoms with van der Waals surface area (Å²) in [7, 11) is -1.63. The average molecular weight is 558 g/mol. The molecule has 2 aliphatic rings. The third-order valence-electron chi connectivity index (χ3n) is 6.16. The molecule has 2 unspecified atom stereocenters. The SMILES string of the molecule is CN=C(NCCS(=O)(=O)N1CCc2ccccc21)N1CCC(C)C(n2ccnc2)C1.I. The third-order valence-corrected chi connectivity index (χ3v) is 7.93. The molecule has 4 rings (SSSR count). The highest BCUT2D eigenvalue weighted by Gasteiger charge is 2.30. The number of likely N-dealkylation sites (tertiary alicyclic amines) is 1. The highest BCUT2D eigenvalue weighted by atomic mass is 127. The molecular formula is C21H31IN6O2S. The van der Waals surface area contributed by atoms with Crippen LogP contribution in [-0.2, 0) is 16.4 Å². The number of benzene rings is 1. The van der Waals surface area contributed by atoms with Crippen LogP contribution in [0.5, 0.6) is 0 Å². The number of anilines is 1. The van der Waals surface area contributed by atoms with E-state index in [-0.39, 0.29) is 29.7 Å². The fourth-order valence-corrected chi connectivity index (χ4v) is 5.85. The zero-order valence-corrected chi connectivity index (χ0v) is 21.2. The molecule has 0 aliphatic carbocycles. The van der Waals surface area contributed by atoms with Crippen molar-refractivity contribution in [3.05, 3.63) is 48.5 Å². The average Bonchev–Trinajstić information content (AvgIpc) is 3.42. The van der Waals surface area contributed by atoms with E-state index in [1.807, 2.05) is 36.8 Å². The first kappa shape index (κ1) is 23.8. The number of aliphatic imine (C=N–C) groups is 1. The molecule has 0 saturated carbocycles. The number of para-hydroxylation sites is 1. The standard InChI is InChI=1S/C21H30N6O2S.HI/c1-17-7-11-25(15-20(17)26-13-9-23-16-26)21(22-2)24-10-14-30(28,29)27-12-8-18-5-3-4-6-19(18)27;/h3-6,9,13,16-17,20H,7-8,10-12,14-15H2,1-2H3,(H,22,24);1H. The lowest BCUT2D eigenvalue weighted by Crippen LogP contribution is -2.50. The molecule has 0 bridgehead atoms. The Morgan fingerprint density at radius 1 is 1.29 bits per heavy atom. The molecule has 1 aromatic carbocycles. The monoisotopic (exact) mass is 558 g/mol. The lowest BCUT2D eigenvalue weighted by atomic mass is 9.93. The molecule has 1 N–H and O–H groups in total. The fraction of sp³-hybridized carbons (Fsp3) is 0.524. The Labute approximate surface area is 201 Å². The molecule has 2 aromatic rings. The number of hydrogen-bond acceptors (Lipinski definition) is 4. The van der Waals surface area contributed by atoms with Gasteiger partial charge in [0.05, 0.1) is 23.8 Å². The van der Waals surface area contributed by atoms with Crippen LogP contribution < -0.4 is 9.62 Å². The van der Waals surface area contributed by atoms with Crippen LogP contribution in [0.1, 0.15) is 24.9 Å². The Balaban J connectivity index is 0.00000272. The van der Waals surface area contributed by atoms with Crippen LogP contribution in [0, 0.1) is 5.92 Å². The highest BCUT2D eigenvalue weighted by Crippen LogP contribution is 2.30. The van der Waals surface area contributed by atoms with Crippen molar-refractivity contribution in [2.75, 3.05) is 43.3 Å². The summed E-state index contributed by atoms with van der Waals surface area (Å²) in [5, 5.41) is 3.27. The molecule has 0 radical (unpaired) electrons. The summed E-state index contributed by atoms with van der Waals surface area (Å²) in [6.07, 6.45) is 7.49. The Kier molecular flexibility index (Phi) is 7.84. The van der Waals surface area contributed by atoms with Crippen LogP contribution in [0.15, 0.2) is 48.0 Å². The molecule has 0 spiro atoms. The Bertz CT molecular complexity index is 995. The van der Waals surface area contributed by atoms with Gasteiger partial charge in [-0.25, -0.2) is 13.4 Å². The van der Waals surface area contributed by atoms with Gasteiger partial charge in [-0.3, -0.25) is 9.30 Å². The minimum Gasteiger partial charge on any atom is -0.355 e. The summed E-state index contributed by atoms with van der Waals surface area (Å²) in [5.41, 5.74) is 1.91. The van der Waals surface area contributed by atoms with Crippen LogP contribution >= 0.6 is 24.0 Å². The van der Waals surface area contributed by atoms with E-state index in [9.17, 15) is 8.42 Å². The van der Waals surface area contributed by atoms with Crippen molar-refractivity contribution in [2.45, 2.75) is 25.8 Å². The number of nitrogens with zero attached hydrogens (tertiary/aromatic N) is 5. The van der Waals surface area contributed by atoms with Gasteiger partial charge in [0.1, 0.15) is 0 Å². The lowest BCUT2D eigenvalue weighted by Gasteiger charge is -2.39. The molecule has 170 valence electrons. The predicted octanol–water partition coefficient (Wildman–Crippen LogP) is 2.35. The minimum absolute atomic E-state index is 0. The molecule has 1 fully saturated rings. The van der Waals surface area contributed by atoms with Crippen molar-refractivity contribution >= 4 is 45.6 Å². The lowest BCUT2D eigenvalue weighted by molar-refractivity contribution is 0.189. The number of sulfonamides is 1. The number of halogens is 1. The predicted molar refractivity (Wildman–Crippen MR) is 135 cm³/mol. The van der Waals surface area contributed by atoms with Crippen molar-refractivity contribution in [2.24, 2.45) is 10.9 Å². The van der Waals surface area contributed by atoms with E-state index in [2.05, 4.69) is 31.7 Å². The van der Waals surface area contributed by atoms with Crippen molar-refractivity contribution < 1.29 is 8.42 Å². The summed E-state index contributed by atoms with van der Waals surface area (Å²) >= 11 is 0. The second-order valence-corrected chi connectivity index (χ2v) is 10.0. The quantitative estimate of drug-likeness (QED) is 0.346. The van der Waals surface area contributed by atoms with E-state index in [1.54, 1.807) is 17.5 Å². The van der Waals surface area contributed by atoms with Crippen molar-refractivity contribution in [3.8, 4) is 0 Å². The summed E-state index contributed by atoms with van der Waals surface area (Å²) in [6.45, 7) is 4.84. The number of piperidine rings is 1. The van der Waals surface area contributed by atoms with E-state index < -0.39 is 10.0 Å². The molecule has 0 amide bonds. The Morgan fingerprint density at radius 2 is 2.10 bits per heavy atom. The molecule has 31 heavy (non-hydrogen) atoms. The van der Waals surface area contributed by atoms with E-state index >= 15 is 0 Å². The summed E-state index contributed by atoms with van der Waals surface area (Å²) in [5.74, 6) is 1.34. The van der Waals surface area contributed by atoms with Crippen LogP contribution in [0.25, 0.3) is 0 Å². The normalized spacial score (nSPS) is 21.5. The van der Waals surface area contributed by atoms with Crippen LogP contribution in [0.4, 0.5) is 5.69 Å². The van der Waals surface area contributed by atoms with Gasteiger partial charge in [0.2, 0.25) is 10.0 Å². The molecule has 3 heterocycles. The largest absolute Gasteiger partial charge is 0.355 e. The maximum absolute atomic E-state index is 12.9. The Morgan fingerprint density at radius 3 is 2.84 bits per heavy atom. The second-order valence-electron chi connectivity index (χ2n) is 8.03. The maximum Gasteiger partial charge on any atom is 0.236 e. The first-order chi connectivity index (χ1) is 14.5. The van der Waals surface area contributed by atoms with Gasteiger partial charge in [-0.1, -0.05) is 25.1 Å². The number of imidazole rings is 1. The summed E-state index contributed by atoms with van der Waals surface area (Å²) in [6, 6.07) is 8.05. The number of fused-ring (bicyclic) bond motifs is 1.